The minimum atomic E-state index is -2.62. The van der Waals surface area contributed by atoms with Crippen molar-refractivity contribution in [1.82, 2.24) is 0 Å². The largest absolute Gasteiger partial charge is 0.328 e. The molecule has 7 heteroatoms. The summed E-state index contributed by atoms with van der Waals surface area (Å²) in [5.41, 5.74) is 12.2. The number of nitrogens with one attached hydrogen (secondary N) is 1. The second kappa shape index (κ2) is 9.15. The Hall–Kier alpha value is -0.380. The minimum Gasteiger partial charge on any atom is -0.328 e. The van der Waals surface area contributed by atoms with Crippen molar-refractivity contribution in [2.24, 2.45) is 0 Å². The van der Waals surface area contributed by atoms with Gasteiger partial charge in [0.05, 0.1) is 0 Å². The van der Waals surface area contributed by atoms with Crippen molar-refractivity contribution < 1.29 is 14.7 Å². The van der Waals surface area contributed by atoms with Gasteiger partial charge in [-0.15, -0.1) is 5.53 Å². The molecule has 0 aliphatic rings. The SMILES string of the molecule is OP(O)O.[N-]=[N+]=N. The Bertz CT molecular complexity index is 52.4. The number of hydrogen-bond acceptors (Lipinski definition) is 4. The molecule has 0 amide bonds. The maximum atomic E-state index is 7.23. The molecule has 0 heterocycles. The molecule has 0 aliphatic heterocycles. The van der Waals surface area contributed by atoms with Crippen molar-refractivity contribution in [3.63, 3.8) is 0 Å². The fraction of sp³-hybridized carbons (Fsp3) is 0. The van der Waals surface area contributed by atoms with Gasteiger partial charge in [-0.1, -0.05) is 0 Å². The van der Waals surface area contributed by atoms with E-state index in [9.17, 15) is 0 Å². The lowest BCUT2D eigenvalue weighted by Crippen LogP contribution is -1.54. The quantitative estimate of drug-likeness (QED) is 0.158. The van der Waals surface area contributed by atoms with Gasteiger partial charge >= 0.3 is 8.60 Å². The summed E-state index contributed by atoms with van der Waals surface area (Å²) in [6.45, 7) is 0. The number of nitrogens with zero attached hydrogens (tertiary/aromatic N) is 2. The van der Waals surface area contributed by atoms with E-state index in [1.165, 1.54) is 0 Å². The van der Waals surface area contributed by atoms with E-state index >= 15 is 0 Å². The average Bonchev–Trinajstić information content (AvgIpc) is 1.33. The monoisotopic (exact) mass is 125 g/mol. The maximum absolute atomic E-state index is 7.23. The zero-order chi connectivity index (χ0) is 6.28. The van der Waals surface area contributed by atoms with Crippen molar-refractivity contribution in [2.45, 2.75) is 0 Å². The Morgan fingerprint density at radius 1 is 1.43 bits per heavy atom. The Kier molecular flexibility index (Phi) is 12.8. The molecule has 0 aromatic carbocycles. The lowest BCUT2D eigenvalue weighted by atomic mass is 13.0. The van der Waals surface area contributed by atoms with Gasteiger partial charge in [-0.25, -0.2) is 0 Å². The predicted octanol–water partition coefficient (Wildman–Crippen LogP) is 0.0657. The summed E-state index contributed by atoms with van der Waals surface area (Å²) >= 11 is 0. The first-order chi connectivity index (χ1) is 3.15. The summed E-state index contributed by atoms with van der Waals surface area (Å²) in [6.07, 6.45) is 0. The molecule has 0 aliphatic carbocycles. The molecule has 7 heavy (non-hydrogen) atoms. The molecule has 0 aromatic heterocycles. The van der Waals surface area contributed by atoms with Crippen LogP contribution in [0.15, 0.2) is 0 Å². The van der Waals surface area contributed by atoms with Crippen LogP contribution in [0.4, 0.5) is 0 Å². The van der Waals surface area contributed by atoms with E-state index in [0.29, 0.717) is 0 Å². The minimum absolute atomic E-state index is 1.75. The number of hydrogen-bond donors (Lipinski definition) is 4. The lowest BCUT2D eigenvalue weighted by Gasteiger charge is -1.76. The molecule has 0 aromatic rings. The fourth-order valence-corrected chi connectivity index (χ4v) is 0. The van der Waals surface area contributed by atoms with Crippen LogP contribution in [0, 0.1) is 5.53 Å². The van der Waals surface area contributed by atoms with Gasteiger partial charge in [-0.3, -0.25) is 0 Å². The van der Waals surface area contributed by atoms with Gasteiger partial charge in [0, 0.05) is 0 Å². The van der Waals surface area contributed by atoms with Crippen molar-refractivity contribution >= 4 is 8.60 Å². The van der Waals surface area contributed by atoms with Gasteiger partial charge < -0.3 is 14.7 Å². The van der Waals surface area contributed by atoms with Gasteiger partial charge in [-0.2, -0.15) is 0 Å². The topological polar surface area (TPSA) is 121 Å². The summed E-state index contributed by atoms with van der Waals surface area (Å²) < 4.78 is 0. The molecule has 0 rings (SSSR count). The highest BCUT2D eigenvalue weighted by atomic mass is 31.2. The molecule has 0 atom stereocenters. The lowest BCUT2D eigenvalue weighted by molar-refractivity contribution is 0.368. The van der Waals surface area contributed by atoms with Crippen LogP contribution in [0.3, 0.4) is 0 Å². The van der Waals surface area contributed by atoms with Gasteiger partial charge in [-0.05, 0) is 10.4 Å². The van der Waals surface area contributed by atoms with Crippen molar-refractivity contribution in [2.75, 3.05) is 0 Å². The van der Waals surface area contributed by atoms with Crippen LogP contribution in [0.5, 0.6) is 0 Å². The zero-order valence-electron chi connectivity index (χ0n) is 3.18. The Morgan fingerprint density at radius 2 is 1.43 bits per heavy atom. The van der Waals surface area contributed by atoms with Gasteiger partial charge in [0.2, 0.25) is 0 Å². The molecule has 0 unspecified atom stereocenters. The third-order valence-corrected chi connectivity index (χ3v) is 0. The van der Waals surface area contributed by atoms with Crippen LogP contribution >= 0.6 is 8.60 Å². The summed E-state index contributed by atoms with van der Waals surface area (Å²) in [5, 5.41) is 0. The zero-order valence-corrected chi connectivity index (χ0v) is 4.08. The van der Waals surface area contributed by atoms with E-state index in [0.717, 1.165) is 0 Å². The van der Waals surface area contributed by atoms with Crippen LogP contribution in [0.1, 0.15) is 0 Å². The second-order valence-electron chi connectivity index (χ2n) is 0.368. The molecule has 0 fully saturated rings. The maximum Gasteiger partial charge on any atom is 0.324 e. The summed E-state index contributed by atoms with van der Waals surface area (Å²) in [4.78, 5) is 23.4. The third-order valence-electron chi connectivity index (χ3n) is 0. The van der Waals surface area contributed by atoms with Crippen molar-refractivity contribution in [3.8, 4) is 0 Å². The summed E-state index contributed by atoms with van der Waals surface area (Å²) in [5.74, 6) is 0. The number of rotatable bonds is 0. The van der Waals surface area contributed by atoms with E-state index in [2.05, 4.69) is 0 Å². The van der Waals surface area contributed by atoms with Crippen LogP contribution in [-0.2, 0) is 0 Å². The van der Waals surface area contributed by atoms with Crippen molar-refractivity contribution in [1.29, 1.82) is 5.53 Å². The van der Waals surface area contributed by atoms with Crippen LogP contribution in [-0.4, -0.2) is 14.7 Å². The molecular weight excluding hydrogens is 121 g/mol. The van der Waals surface area contributed by atoms with Gasteiger partial charge in [0.15, 0.2) is 0 Å². The molecule has 0 saturated carbocycles. The van der Waals surface area contributed by atoms with E-state index in [1.54, 1.807) is 4.91 Å². The Balaban J connectivity index is 0. The Labute approximate surface area is 40.4 Å². The molecular formula is H4N3O3P. The first-order valence-corrected chi connectivity index (χ1v) is 2.22. The van der Waals surface area contributed by atoms with Gasteiger partial charge in [0.25, 0.3) is 0 Å². The molecule has 0 bridgehead atoms. The highest BCUT2D eigenvalue weighted by Crippen LogP contribution is 2.11. The normalized spacial score (nSPS) is 6.29. The fourth-order valence-electron chi connectivity index (χ4n) is 0. The molecule has 42 valence electrons. The molecule has 6 nitrogen and oxygen atoms in total. The summed E-state index contributed by atoms with van der Waals surface area (Å²) in [6, 6.07) is 0. The first kappa shape index (κ1) is 9.80. The smallest absolute Gasteiger partial charge is 0.324 e. The van der Waals surface area contributed by atoms with E-state index in [1.807, 2.05) is 0 Å². The standard InChI is InChI=1S/HN3.H3O3P/c1-3-2;1-4(2)3/h1H;1-3H. The van der Waals surface area contributed by atoms with Crippen LogP contribution in [0.25, 0.3) is 10.4 Å². The highest BCUT2D eigenvalue weighted by molar-refractivity contribution is 7.38. The van der Waals surface area contributed by atoms with Gasteiger partial charge in [0.1, 0.15) is 0 Å². The van der Waals surface area contributed by atoms with E-state index in [-0.39, 0.29) is 0 Å². The Morgan fingerprint density at radius 3 is 1.43 bits per heavy atom. The van der Waals surface area contributed by atoms with Crippen molar-refractivity contribution in [3.05, 3.63) is 10.4 Å². The molecule has 0 saturated heterocycles. The summed E-state index contributed by atoms with van der Waals surface area (Å²) in [7, 11) is -2.62. The van der Waals surface area contributed by atoms with E-state index < -0.39 is 8.60 Å². The van der Waals surface area contributed by atoms with Crippen LogP contribution in [0.2, 0.25) is 0 Å². The molecule has 0 spiro atoms. The molecule has 4 N–H and O–H groups in total. The predicted molar refractivity (Wildman–Crippen MR) is 23.0 cm³/mol. The first-order valence-electron chi connectivity index (χ1n) is 1.02. The molecule has 0 radical (unpaired) electrons. The van der Waals surface area contributed by atoms with Crippen LogP contribution < -0.4 is 0 Å². The third kappa shape index (κ3) is 510. The second-order valence-corrected chi connectivity index (χ2v) is 0.905. The highest BCUT2D eigenvalue weighted by Gasteiger charge is 1.76. The van der Waals surface area contributed by atoms with E-state index in [4.69, 9.17) is 25.7 Å². The average molecular weight is 125 g/mol.